The van der Waals surface area contributed by atoms with Crippen LogP contribution < -0.4 is 0 Å². The molecule has 0 N–H and O–H groups in total. The number of amides is 2. The highest BCUT2D eigenvalue weighted by atomic mass is 16.2. The number of aromatic nitrogens is 2. The number of hydrogen-bond acceptors (Lipinski definition) is 4. The third kappa shape index (κ3) is 2.30. The molecule has 3 rings (SSSR count). The summed E-state index contributed by atoms with van der Waals surface area (Å²) in [5.41, 5.74) is 0.716. The Kier molecular flexibility index (Phi) is 3.15. The maximum atomic E-state index is 12.4. The maximum Gasteiger partial charge on any atom is 0.246 e. The lowest BCUT2D eigenvalue weighted by Crippen LogP contribution is -2.60. The molecule has 2 aliphatic heterocycles. The van der Waals surface area contributed by atoms with Gasteiger partial charge in [-0.05, 0) is 31.4 Å². The first-order valence-electron chi connectivity index (χ1n) is 6.60. The van der Waals surface area contributed by atoms with Gasteiger partial charge in [0.1, 0.15) is 12.6 Å². The minimum atomic E-state index is -0.258. The van der Waals surface area contributed by atoms with Crippen molar-refractivity contribution < 1.29 is 9.59 Å². The fraction of sp³-hybridized carbons (Fsp3) is 0.538. The molecule has 1 aromatic heterocycles. The summed E-state index contributed by atoms with van der Waals surface area (Å²) >= 11 is 0. The van der Waals surface area contributed by atoms with Crippen molar-refractivity contribution in [1.29, 1.82) is 0 Å². The van der Waals surface area contributed by atoms with E-state index in [1.807, 2.05) is 6.07 Å². The van der Waals surface area contributed by atoms with Crippen LogP contribution in [0.5, 0.6) is 0 Å². The molecule has 1 atom stereocenters. The number of fused-ring (bicyclic) bond motifs is 1. The van der Waals surface area contributed by atoms with Crippen LogP contribution in [0.2, 0.25) is 0 Å². The predicted octanol–water partition coefficient (Wildman–Crippen LogP) is 0.200. The molecule has 100 valence electrons. The van der Waals surface area contributed by atoms with Gasteiger partial charge in [0.25, 0.3) is 0 Å². The number of rotatable bonds is 2. The number of nitrogens with zero attached hydrogens (tertiary/aromatic N) is 4. The van der Waals surface area contributed by atoms with E-state index >= 15 is 0 Å². The maximum absolute atomic E-state index is 12.4. The van der Waals surface area contributed by atoms with E-state index in [4.69, 9.17) is 0 Å². The van der Waals surface area contributed by atoms with Gasteiger partial charge in [0.15, 0.2) is 0 Å². The van der Waals surface area contributed by atoms with E-state index in [0.717, 1.165) is 19.3 Å². The van der Waals surface area contributed by atoms with Gasteiger partial charge in [-0.15, -0.1) is 0 Å². The van der Waals surface area contributed by atoms with Gasteiger partial charge < -0.3 is 9.80 Å². The number of piperidine rings is 1. The first-order valence-corrected chi connectivity index (χ1v) is 6.60. The molecule has 19 heavy (non-hydrogen) atoms. The molecule has 0 radical (unpaired) electrons. The SMILES string of the molecule is O=C1C2CCCCN2C(=O)CN1Cc1cccnn1. The predicted molar refractivity (Wildman–Crippen MR) is 66.8 cm³/mol. The Hall–Kier alpha value is -1.98. The normalized spacial score (nSPS) is 23.5. The van der Waals surface area contributed by atoms with Crippen molar-refractivity contribution in [2.24, 2.45) is 0 Å². The fourth-order valence-electron chi connectivity index (χ4n) is 2.78. The van der Waals surface area contributed by atoms with Crippen molar-refractivity contribution in [3.63, 3.8) is 0 Å². The second-order valence-electron chi connectivity index (χ2n) is 5.01. The standard InChI is InChI=1S/C13H16N4O2/c18-12-9-16(8-10-4-3-6-14-15-10)13(19)11-5-1-2-7-17(11)12/h3-4,6,11H,1-2,5,7-9H2. The van der Waals surface area contributed by atoms with Gasteiger partial charge in [0, 0.05) is 12.7 Å². The molecular formula is C13H16N4O2. The van der Waals surface area contributed by atoms with Crippen molar-refractivity contribution >= 4 is 11.8 Å². The number of piperazine rings is 1. The van der Waals surface area contributed by atoms with Gasteiger partial charge in [-0.25, -0.2) is 0 Å². The Balaban J connectivity index is 1.76. The molecule has 1 unspecified atom stereocenters. The van der Waals surface area contributed by atoms with Gasteiger partial charge in [0.2, 0.25) is 11.8 Å². The number of carbonyl (C=O) groups excluding carboxylic acids is 2. The fourth-order valence-corrected chi connectivity index (χ4v) is 2.78. The van der Waals surface area contributed by atoms with Crippen molar-refractivity contribution in [2.75, 3.05) is 13.1 Å². The van der Waals surface area contributed by atoms with Crippen LogP contribution >= 0.6 is 0 Å². The summed E-state index contributed by atoms with van der Waals surface area (Å²) < 4.78 is 0. The lowest BCUT2D eigenvalue weighted by Gasteiger charge is -2.42. The smallest absolute Gasteiger partial charge is 0.246 e. The second kappa shape index (κ2) is 4.95. The highest BCUT2D eigenvalue weighted by Gasteiger charge is 2.40. The van der Waals surface area contributed by atoms with Gasteiger partial charge >= 0.3 is 0 Å². The molecule has 3 heterocycles. The molecule has 2 amide bonds. The Morgan fingerprint density at radius 3 is 3.00 bits per heavy atom. The zero-order valence-electron chi connectivity index (χ0n) is 10.7. The van der Waals surface area contributed by atoms with Crippen molar-refractivity contribution in [3.05, 3.63) is 24.0 Å². The largest absolute Gasteiger partial charge is 0.329 e. The minimum absolute atomic E-state index is 0.0463. The summed E-state index contributed by atoms with van der Waals surface area (Å²) in [7, 11) is 0. The lowest BCUT2D eigenvalue weighted by molar-refractivity contribution is -0.158. The first-order chi connectivity index (χ1) is 9.25. The van der Waals surface area contributed by atoms with E-state index in [1.165, 1.54) is 0 Å². The number of hydrogen-bond donors (Lipinski definition) is 0. The first kappa shape index (κ1) is 12.1. The molecular weight excluding hydrogens is 244 g/mol. The summed E-state index contributed by atoms with van der Waals surface area (Å²) in [5.74, 6) is 0.0955. The van der Waals surface area contributed by atoms with Crippen LogP contribution in [-0.4, -0.2) is 50.9 Å². The van der Waals surface area contributed by atoms with Crippen LogP contribution in [0.3, 0.4) is 0 Å². The van der Waals surface area contributed by atoms with Crippen LogP contribution in [-0.2, 0) is 16.1 Å². The Morgan fingerprint density at radius 1 is 1.32 bits per heavy atom. The molecule has 0 aliphatic carbocycles. The Bertz CT molecular complexity index is 491. The van der Waals surface area contributed by atoms with E-state index in [0.29, 0.717) is 18.8 Å². The molecule has 2 aliphatic rings. The van der Waals surface area contributed by atoms with Crippen LogP contribution in [0.25, 0.3) is 0 Å². The van der Waals surface area contributed by atoms with Gasteiger partial charge in [-0.2, -0.15) is 10.2 Å². The van der Waals surface area contributed by atoms with E-state index in [1.54, 1.807) is 22.1 Å². The summed E-state index contributed by atoms with van der Waals surface area (Å²) in [6, 6.07) is 3.34. The lowest BCUT2D eigenvalue weighted by atomic mass is 9.98. The van der Waals surface area contributed by atoms with Crippen LogP contribution in [0.4, 0.5) is 0 Å². The quantitative estimate of drug-likeness (QED) is 0.762. The monoisotopic (exact) mass is 260 g/mol. The average molecular weight is 260 g/mol. The zero-order valence-corrected chi connectivity index (χ0v) is 10.7. The van der Waals surface area contributed by atoms with Gasteiger partial charge in [0.05, 0.1) is 12.2 Å². The Labute approximate surface area is 111 Å². The molecule has 2 fully saturated rings. The zero-order chi connectivity index (χ0) is 13.2. The third-order valence-corrected chi connectivity index (χ3v) is 3.73. The number of carbonyl (C=O) groups is 2. The van der Waals surface area contributed by atoms with Crippen molar-refractivity contribution in [1.82, 2.24) is 20.0 Å². The van der Waals surface area contributed by atoms with Crippen molar-refractivity contribution in [3.8, 4) is 0 Å². The minimum Gasteiger partial charge on any atom is -0.329 e. The topological polar surface area (TPSA) is 66.4 Å². The molecule has 0 spiro atoms. The van der Waals surface area contributed by atoms with E-state index in [-0.39, 0.29) is 24.4 Å². The molecule has 6 nitrogen and oxygen atoms in total. The molecule has 0 bridgehead atoms. The average Bonchev–Trinajstić information content (AvgIpc) is 2.46. The molecule has 2 saturated heterocycles. The summed E-state index contributed by atoms with van der Waals surface area (Å²) in [6.45, 7) is 1.24. The van der Waals surface area contributed by atoms with E-state index in [9.17, 15) is 9.59 Å². The third-order valence-electron chi connectivity index (χ3n) is 3.73. The highest BCUT2D eigenvalue weighted by Crippen LogP contribution is 2.23. The summed E-state index contributed by atoms with van der Waals surface area (Å²) in [6.07, 6.45) is 4.38. The molecule has 0 saturated carbocycles. The summed E-state index contributed by atoms with van der Waals surface area (Å²) in [4.78, 5) is 27.8. The molecule has 6 heteroatoms. The van der Waals surface area contributed by atoms with Gasteiger partial charge in [-0.1, -0.05) is 0 Å². The van der Waals surface area contributed by atoms with Crippen LogP contribution in [0, 0.1) is 0 Å². The summed E-state index contributed by atoms with van der Waals surface area (Å²) in [5, 5.41) is 7.76. The van der Waals surface area contributed by atoms with Crippen LogP contribution in [0.1, 0.15) is 25.0 Å². The van der Waals surface area contributed by atoms with E-state index < -0.39 is 0 Å². The second-order valence-corrected chi connectivity index (χ2v) is 5.01. The highest BCUT2D eigenvalue weighted by molar-refractivity contribution is 5.95. The van der Waals surface area contributed by atoms with Gasteiger partial charge in [-0.3, -0.25) is 9.59 Å². The van der Waals surface area contributed by atoms with E-state index in [2.05, 4.69) is 10.2 Å². The molecule has 0 aromatic carbocycles. The molecule has 1 aromatic rings. The van der Waals surface area contributed by atoms with Crippen LogP contribution in [0.15, 0.2) is 18.3 Å². The Morgan fingerprint density at radius 2 is 2.21 bits per heavy atom. The van der Waals surface area contributed by atoms with Crippen molar-refractivity contribution in [2.45, 2.75) is 31.8 Å².